The predicted molar refractivity (Wildman–Crippen MR) is 59.5 cm³/mol. The van der Waals surface area contributed by atoms with Crippen molar-refractivity contribution < 1.29 is 0 Å². The van der Waals surface area contributed by atoms with Gasteiger partial charge in [0.15, 0.2) is 0 Å². The van der Waals surface area contributed by atoms with E-state index in [4.69, 9.17) is 0 Å². The molecule has 3 nitrogen and oxygen atoms in total. The molecule has 1 heterocycles. The SMILES string of the molecule is CCCNCCc1cnn(C(C)C)c1. The van der Waals surface area contributed by atoms with Gasteiger partial charge < -0.3 is 5.32 Å². The maximum atomic E-state index is 4.30. The number of hydrogen-bond acceptors (Lipinski definition) is 2. The van der Waals surface area contributed by atoms with E-state index >= 15 is 0 Å². The van der Waals surface area contributed by atoms with Gasteiger partial charge in [0, 0.05) is 12.2 Å². The fourth-order valence-electron chi connectivity index (χ4n) is 1.32. The molecule has 0 saturated carbocycles. The van der Waals surface area contributed by atoms with Crippen molar-refractivity contribution in [2.24, 2.45) is 0 Å². The van der Waals surface area contributed by atoms with Crippen LogP contribution in [0.1, 0.15) is 38.8 Å². The maximum Gasteiger partial charge on any atom is 0.0522 e. The van der Waals surface area contributed by atoms with Crippen LogP contribution in [0.3, 0.4) is 0 Å². The molecule has 1 aromatic heterocycles. The topological polar surface area (TPSA) is 29.9 Å². The van der Waals surface area contributed by atoms with Gasteiger partial charge in [0.2, 0.25) is 0 Å². The molecule has 0 aliphatic rings. The monoisotopic (exact) mass is 195 g/mol. The quantitative estimate of drug-likeness (QED) is 0.704. The Morgan fingerprint density at radius 3 is 2.79 bits per heavy atom. The molecular weight excluding hydrogens is 174 g/mol. The van der Waals surface area contributed by atoms with E-state index in [1.807, 2.05) is 10.9 Å². The molecule has 0 spiro atoms. The van der Waals surface area contributed by atoms with Gasteiger partial charge in [-0.1, -0.05) is 6.92 Å². The van der Waals surface area contributed by atoms with Gasteiger partial charge in [-0.25, -0.2) is 0 Å². The van der Waals surface area contributed by atoms with Crippen LogP contribution in [0.4, 0.5) is 0 Å². The Kier molecular flexibility index (Phi) is 4.66. The number of nitrogens with one attached hydrogen (secondary N) is 1. The zero-order valence-corrected chi connectivity index (χ0v) is 9.45. The lowest BCUT2D eigenvalue weighted by molar-refractivity contribution is 0.532. The number of aromatic nitrogens is 2. The summed E-state index contributed by atoms with van der Waals surface area (Å²) in [5.74, 6) is 0. The fraction of sp³-hybridized carbons (Fsp3) is 0.727. The van der Waals surface area contributed by atoms with Crippen LogP contribution in [-0.4, -0.2) is 22.9 Å². The van der Waals surface area contributed by atoms with E-state index in [-0.39, 0.29) is 0 Å². The lowest BCUT2D eigenvalue weighted by Gasteiger charge is -2.03. The van der Waals surface area contributed by atoms with Crippen molar-refractivity contribution in [2.45, 2.75) is 39.7 Å². The zero-order valence-electron chi connectivity index (χ0n) is 9.45. The minimum atomic E-state index is 0.465. The van der Waals surface area contributed by atoms with E-state index in [1.54, 1.807) is 0 Å². The van der Waals surface area contributed by atoms with Gasteiger partial charge in [-0.3, -0.25) is 4.68 Å². The Balaban J connectivity index is 2.29. The molecule has 0 unspecified atom stereocenters. The molecule has 80 valence electrons. The summed E-state index contributed by atoms with van der Waals surface area (Å²) >= 11 is 0. The first-order valence-corrected chi connectivity index (χ1v) is 5.47. The Morgan fingerprint density at radius 1 is 1.43 bits per heavy atom. The van der Waals surface area contributed by atoms with E-state index in [2.05, 4.69) is 37.4 Å². The normalized spacial score (nSPS) is 11.1. The van der Waals surface area contributed by atoms with E-state index in [0.29, 0.717) is 6.04 Å². The first kappa shape index (κ1) is 11.2. The van der Waals surface area contributed by atoms with Gasteiger partial charge >= 0.3 is 0 Å². The molecule has 3 heteroatoms. The largest absolute Gasteiger partial charge is 0.316 e. The highest BCUT2D eigenvalue weighted by Gasteiger charge is 2.00. The van der Waals surface area contributed by atoms with Crippen LogP contribution < -0.4 is 5.32 Å². The molecule has 0 fully saturated rings. The van der Waals surface area contributed by atoms with Crippen molar-refractivity contribution in [1.29, 1.82) is 0 Å². The van der Waals surface area contributed by atoms with Gasteiger partial charge in [0.25, 0.3) is 0 Å². The Hall–Kier alpha value is -0.830. The summed E-state index contributed by atoms with van der Waals surface area (Å²) in [7, 11) is 0. The second-order valence-corrected chi connectivity index (χ2v) is 3.92. The third kappa shape index (κ3) is 3.50. The van der Waals surface area contributed by atoms with Gasteiger partial charge in [-0.15, -0.1) is 0 Å². The summed E-state index contributed by atoms with van der Waals surface area (Å²) in [6.45, 7) is 8.64. The average Bonchev–Trinajstić information content (AvgIpc) is 2.61. The summed E-state index contributed by atoms with van der Waals surface area (Å²) in [5, 5.41) is 7.69. The molecule has 1 rings (SSSR count). The highest BCUT2D eigenvalue weighted by Crippen LogP contribution is 2.05. The molecule has 1 aromatic rings. The predicted octanol–water partition coefficient (Wildman–Crippen LogP) is 2.01. The third-order valence-electron chi connectivity index (χ3n) is 2.20. The third-order valence-corrected chi connectivity index (χ3v) is 2.20. The van der Waals surface area contributed by atoms with Crippen LogP contribution in [0.5, 0.6) is 0 Å². The maximum absolute atomic E-state index is 4.30. The summed E-state index contributed by atoms with van der Waals surface area (Å²) < 4.78 is 2.01. The van der Waals surface area contributed by atoms with Crippen molar-refractivity contribution in [3.8, 4) is 0 Å². The lowest BCUT2D eigenvalue weighted by Crippen LogP contribution is -2.17. The average molecular weight is 195 g/mol. The molecule has 0 radical (unpaired) electrons. The van der Waals surface area contributed by atoms with E-state index in [0.717, 1.165) is 19.5 Å². The molecule has 0 aliphatic heterocycles. The van der Waals surface area contributed by atoms with Crippen molar-refractivity contribution in [1.82, 2.24) is 15.1 Å². The number of rotatable bonds is 6. The second kappa shape index (κ2) is 5.81. The second-order valence-electron chi connectivity index (χ2n) is 3.92. The summed E-state index contributed by atoms with van der Waals surface area (Å²) in [4.78, 5) is 0. The summed E-state index contributed by atoms with van der Waals surface area (Å²) in [5.41, 5.74) is 1.32. The van der Waals surface area contributed by atoms with Crippen molar-refractivity contribution in [3.63, 3.8) is 0 Å². The Labute approximate surface area is 86.5 Å². The van der Waals surface area contributed by atoms with Crippen molar-refractivity contribution in [2.75, 3.05) is 13.1 Å². The molecular formula is C11H21N3. The van der Waals surface area contributed by atoms with Crippen LogP contribution in [0.15, 0.2) is 12.4 Å². The standard InChI is InChI=1S/C11H21N3/c1-4-6-12-7-5-11-8-13-14(9-11)10(2)3/h8-10,12H,4-7H2,1-3H3. The van der Waals surface area contributed by atoms with Gasteiger partial charge in [-0.2, -0.15) is 5.10 Å². The van der Waals surface area contributed by atoms with Crippen molar-refractivity contribution >= 4 is 0 Å². The van der Waals surface area contributed by atoms with Crippen molar-refractivity contribution in [3.05, 3.63) is 18.0 Å². The molecule has 0 atom stereocenters. The van der Waals surface area contributed by atoms with E-state index in [1.165, 1.54) is 12.0 Å². The van der Waals surface area contributed by atoms with E-state index < -0.39 is 0 Å². The molecule has 1 N–H and O–H groups in total. The molecule has 0 amide bonds. The van der Waals surface area contributed by atoms with Gasteiger partial charge in [0.1, 0.15) is 0 Å². The zero-order chi connectivity index (χ0) is 10.4. The lowest BCUT2D eigenvalue weighted by atomic mass is 10.2. The van der Waals surface area contributed by atoms with Crippen LogP contribution in [0.25, 0.3) is 0 Å². The molecule has 0 saturated heterocycles. The van der Waals surface area contributed by atoms with E-state index in [9.17, 15) is 0 Å². The molecule has 0 aromatic carbocycles. The Bertz CT molecular complexity index is 253. The Morgan fingerprint density at radius 2 is 2.21 bits per heavy atom. The van der Waals surface area contributed by atoms with Crippen LogP contribution in [0, 0.1) is 0 Å². The first-order valence-electron chi connectivity index (χ1n) is 5.47. The summed E-state index contributed by atoms with van der Waals surface area (Å²) in [6, 6.07) is 0.465. The fourth-order valence-corrected chi connectivity index (χ4v) is 1.32. The molecule has 0 aliphatic carbocycles. The highest BCUT2D eigenvalue weighted by atomic mass is 15.3. The van der Waals surface area contributed by atoms with Gasteiger partial charge in [0.05, 0.1) is 6.20 Å². The molecule has 0 bridgehead atoms. The number of nitrogens with zero attached hydrogens (tertiary/aromatic N) is 2. The minimum Gasteiger partial charge on any atom is -0.316 e. The van der Waals surface area contributed by atoms with Crippen LogP contribution in [0.2, 0.25) is 0 Å². The molecule has 14 heavy (non-hydrogen) atoms. The smallest absolute Gasteiger partial charge is 0.0522 e. The van der Waals surface area contributed by atoms with Gasteiger partial charge in [-0.05, 0) is 45.3 Å². The minimum absolute atomic E-state index is 0.465. The number of hydrogen-bond donors (Lipinski definition) is 1. The summed E-state index contributed by atoms with van der Waals surface area (Å²) in [6.07, 6.45) is 6.38. The van der Waals surface area contributed by atoms with Crippen LogP contribution >= 0.6 is 0 Å². The highest BCUT2D eigenvalue weighted by molar-refractivity contribution is 5.04. The van der Waals surface area contributed by atoms with Crippen LogP contribution in [-0.2, 0) is 6.42 Å². The first-order chi connectivity index (χ1) is 6.74.